The van der Waals surface area contributed by atoms with Gasteiger partial charge in [0.15, 0.2) is 0 Å². The SMILES string of the molecule is C=COC(=O)c1cccc(N=[N+]=[N-])c1C(=O)O.C=COC(C)=O. The number of carbonyl (C=O) groups is 3. The van der Waals surface area contributed by atoms with E-state index in [1.807, 2.05) is 0 Å². The van der Waals surface area contributed by atoms with Crippen molar-refractivity contribution in [3.05, 3.63) is 65.5 Å². The number of rotatable bonds is 5. The number of carbonyl (C=O) groups excluding carboxylic acids is 2. The molecule has 0 spiro atoms. The van der Waals surface area contributed by atoms with Crippen LogP contribution in [0.3, 0.4) is 0 Å². The van der Waals surface area contributed by atoms with Gasteiger partial charge in [-0.15, -0.1) is 0 Å². The summed E-state index contributed by atoms with van der Waals surface area (Å²) in [6.07, 6.45) is 1.98. The number of esters is 2. The zero-order valence-corrected chi connectivity index (χ0v) is 12.1. The molecule has 9 heteroatoms. The average Bonchev–Trinajstić information content (AvgIpc) is 2.47. The van der Waals surface area contributed by atoms with Crippen molar-refractivity contribution in [1.29, 1.82) is 0 Å². The van der Waals surface area contributed by atoms with Gasteiger partial charge in [0.25, 0.3) is 0 Å². The van der Waals surface area contributed by atoms with Crippen LogP contribution in [-0.2, 0) is 14.3 Å². The van der Waals surface area contributed by atoms with Crippen molar-refractivity contribution in [2.45, 2.75) is 6.92 Å². The monoisotopic (exact) mass is 319 g/mol. The molecule has 0 amide bonds. The summed E-state index contributed by atoms with van der Waals surface area (Å²) in [7, 11) is 0. The molecule has 0 atom stereocenters. The fourth-order valence-electron chi connectivity index (χ4n) is 1.32. The Bertz CT molecular complexity index is 677. The number of azide groups is 1. The molecular weight excluding hydrogens is 306 g/mol. The number of ether oxygens (including phenoxy) is 2. The van der Waals surface area contributed by atoms with Gasteiger partial charge in [0.2, 0.25) is 0 Å². The van der Waals surface area contributed by atoms with E-state index in [0.29, 0.717) is 0 Å². The van der Waals surface area contributed by atoms with E-state index in [9.17, 15) is 14.4 Å². The Labute approximate surface area is 131 Å². The third-order valence-electron chi connectivity index (χ3n) is 2.07. The number of carboxylic acid groups (broad SMARTS) is 1. The first-order valence-electron chi connectivity index (χ1n) is 5.90. The third kappa shape index (κ3) is 6.61. The average molecular weight is 319 g/mol. The Balaban J connectivity index is 0.000000688. The minimum Gasteiger partial charge on any atom is -0.478 e. The van der Waals surface area contributed by atoms with Crippen LogP contribution in [0.4, 0.5) is 5.69 Å². The lowest BCUT2D eigenvalue weighted by Gasteiger charge is -2.06. The smallest absolute Gasteiger partial charge is 0.343 e. The van der Waals surface area contributed by atoms with Crippen LogP contribution < -0.4 is 0 Å². The predicted octanol–water partition coefficient (Wildman–Crippen LogP) is 3.32. The van der Waals surface area contributed by atoms with Crippen LogP contribution in [-0.4, -0.2) is 23.0 Å². The van der Waals surface area contributed by atoms with Gasteiger partial charge in [0, 0.05) is 11.8 Å². The zero-order valence-electron chi connectivity index (χ0n) is 12.1. The molecule has 0 heterocycles. The Morgan fingerprint density at radius 2 is 1.87 bits per heavy atom. The summed E-state index contributed by atoms with van der Waals surface area (Å²) >= 11 is 0. The van der Waals surface area contributed by atoms with Gasteiger partial charge in [-0.3, -0.25) is 4.79 Å². The standard InChI is InChI=1S/C10H7N3O4.C4H6O2/c1-2-17-10(16)6-4-3-5-7(12-13-11)8(6)9(14)15;1-3-6-4(2)5/h2-5H,1H2,(H,14,15);3H,1H2,2H3. The Kier molecular flexibility index (Phi) is 8.60. The largest absolute Gasteiger partial charge is 0.478 e. The highest BCUT2D eigenvalue weighted by atomic mass is 16.5. The fraction of sp³-hybridized carbons (Fsp3) is 0.0714. The first-order valence-corrected chi connectivity index (χ1v) is 5.90. The van der Waals surface area contributed by atoms with E-state index in [4.69, 9.17) is 10.6 Å². The molecule has 0 aromatic heterocycles. The molecule has 0 saturated carbocycles. The summed E-state index contributed by atoms with van der Waals surface area (Å²) in [5.74, 6) is -2.60. The number of carboxylic acids is 1. The molecule has 0 saturated heterocycles. The maximum absolute atomic E-state index is 11.4. The number of hydrogen-bond donors (Lipinski definition) is 1. The quantitative estimate of drug-likeness (QED) is 0.290. The van der Waals surface area contributed by atoms with Gasteiger partial charge in [-0.2, -0.15) is 0 Å². The summed E-state index contributed by atoms with van der Waals surface area (Å²) < 4.78 is 8.65. The van der Waals surface area contributed by atoms with Crippen molar-refractivity contribution in [2.24, 2.45) is 5.11 Å². The number of nitrogens with zero attached hydrogens (tertiary/aromatic N) is 3. The minimum absolute atomic E-state index is 0.154. The van der Waals surface area contributed by atoms with Crippen LogP contribution >= 0.6 is 0 Å². The maximum Gasteiger partial charge on any atom is 0.343 e. The van der Waals surface area contributed by atoms with Crippen LogP contribution in [0.5, 0.6) is 0 Å². The molecule has 0 radical (unpaired) electrons. The van der Waals surface area contributed by atoms with Gasteiger partial charge in [-0.1, -0.05) is 30.4 Å². The maximum atomic E-state index is 11.4. The molecule has 1 N–H and O–H groups in total. The Morgan fingerprint density at radius 1 is 1.26 bits per heavy atom. The van der Waals surface area contributed by atoms with Crippen LogP contribution in [0.1, 0.15) is 27.6 Å². The summed E-state index contributed by atoms with van der Waals surface area (Å²) in [5, 5.41) is 12.2. The Morgan fingerprint density at radius 3 is 2.26 bits per heavy atom. The first kappa shape index (κ1) is 19.4. The van der Waals surface area contributed by atoms with Crippen molar-refractivity contribution >= 4 is 23.6 Å². The minimum atomic E-state index is -1.39. The molecule has 0 aliphatic carbocycles. The van der Waals surface area contributed by atoms with Gasteiger partial charge < -0.3 is 14.6 Å². The second-order valence-electron chi connectivity index (χ2n) is 3.54. The molecule has 23 heavy (non-hydrogen) atoms. The molecule has 0 aliphatic rings. The number of hydrogen-bond acceptors (Lipinski definition) is 6. The van der Waals surface area contributed by atoms with Crippen LogP contribution in [0, 0.1) is 0 Å². The molecule has 0 fully saturated rings. The van der Waals surface area contributed by atoms with Gasteiger partial charge >= 0.3 is 17.9 Å². The molecule has 9 nitrogen and oxygen atoms in total. The molecule has 1 aromatic rings. The lowest BCUT2D eigenvalue weighted by molar-refractivity contribution is -0.135. The van der Waals surface area contributed by atoms with Gasteiger partial charge in [0.05, 0.1) is 29.3 Å². The molecule has 120 valence electrons. The topological polar surface area (TPSA) is 139 Å². The lowest BCUT2D eigenvalue weighted by Crippen LogP contribution is -2.09. The highest BCUT2D eigenvalue weighted by Gasteiger charge is 2.20. The molecule has 0 bridgehead atoms. The summed E-state index contributed by atoms with van der Waals surface area (Å²) in [4.78, 5) is 34.7. The second-order valence-corrected chi connectivity index (χ2v) is 3.54. The van der Waals surface area contributed by atoms with Crippen LogP contribution in [0.15, 0.2) is 49.0 Å². The molecule has 1 rings (SSSR count). The van der Waals surface area contributed by atoms with E-state index in [2.05, 4.69) is 32.7 Å². The zero-order chi connectivity index (χ0) is 17.8. The van der Waals surface area contributed by atoms with E-state index in [-0.39, 0.29) is 17.2 Å². The van der Waals surface area contributed by atoms with Crippen LogP contribution in [0.2, 0.25) is 0 Å². The molecule has 1 aromatic carbocycles. The fourth-order valence-corrected chi connectivity index (χ4v) is 1.32. The van der Waals surface area contributed by atoms with E-state index in [1.54, 1.807) is 0 Å². The molecule has 0 aliphatic heterocycles. The Hall–Kier alpha value is -3.58. The third-order valence-corrected chi connectivity index (χ3v) is 2.07. The summed E-state index contributed by atoms with van der Waals surface area (Å²) in [5.41, 5.74) is 7.53. The normalized spacial score (nSPS) is 8.39. The first-order chi connectivity index (χ1) is 10.9. The van der Waals surface area contributed by atoms with Crippen molar-refractivity contribution < 1.29 is 29.0 Å². The highest BCUT2D eigenvalue weighted by Crippen LogP contribution is 2.24. The number of aromatic carboxylic acids is 1. The van der Waals surface area contributed by atoms with E-state index >= 15 is 0 Å². The van der Waals surface area contributed by atoms with Crippen molar-refractivity contribution in [1.82, 2.24) is 0 Å². The lowest BCUT2D eigenvalue weighted by atomic mass is 10.1. The summed E-state index contributed by atoms with van der Waals surface area (Å²) in [6, 6.07) is 3.93. The van der Waals surface area contributed by atoms with E-state index in [0.717, 1.165) is 12.5 Å². The van der Waals surface area contributed by atoms with Gasteiger partial charge in [-0.25, -0.2) is 9.59 Å². The van der Waals surface area contributed by atoms with E-state index < -0.39 is 17.5 Å². The van der Waals surface area contributed by atoms with Gasteiger partial charge in [0.1, 0.15) is 0 Å². The van der Waals surface area contributed by atoms with Crippen LogP contribution in [0.25, 0.3) is 10.4 Å². The molecular formula is C14H13N3O6. The molecule has 0 unspecified atom stereocenters. The van der Waals surface area contributed by atoms with Gasteiger partial charge in [-0.05, 0) is 11.6 Å². The van der Waals surface area contributed by atoms with Crippen molar-refractivity contribution in [3.8, 4) is 0 Å². The predicted molar refractivity (Wildman–Crippen MR) is 79.8 cm³/mol. The highest BCUT2D eigenvalue weighted by molar-refractivity contribution is 6.06. The van der Waals surface area contributed by atoms with Crippen molar-refractivity contribution in [2.75, 3.05) is 0 Å². The second kappa shape index (κ2) is 10.2. The van der Waals surface area contributed by atoms with Crippen molar-refractivity contribution in [3.63, 3.8) is 0 Å². The summed E-state index contributed by atoms with van der Waals surface area (Å²) in [6.45, 7) is 7.67. The van der Waals surface area contributed by atoms with E-state index in [1.165, 1.54) is 25.1 Å². The number of benzene rings is 1.